The van der Waals surface area contributed by atoms with Crippen LogP contribution in [0.5, 0.6) is 0 Å². The van der Waals surface area contributed by atoms with Crippen LogP contribution < -0.4 is 11.1 Å². The van der Waals surface area contributed by atoms with Crippen molar-refractivity contribution < 1.29 is 9.59 Å². The zero-order valence-corrected chi connectivity index (χ0v) is 17.1. The number of primary amides is 1. The zero-order chi connectivity index (χ0) is 21.1. The molecule has 2 aromatic carbocycles. The quantitative estimate of drug-likeness (QED) is 0.635. The smallest absolute Gasteiger partial charge is 0.272 e. The Balaban J connectivity index is 1.64. The standard InChI is InChI=1S/C24H26N4O2/c1-2-16-11-13-18(14-12-16)28-21-10-6-9-19(21)23(27-28)24(30)26-20(15-22(25)29)17-7-4-3-5-8-17/h3-5,7-8,11-14,20H,2,6,9-10,15H2,1H3,(H2,25,29)(H,26,30)/t20-/m0/s1. The van der Waals surface area contributed by atoms with Crippen LogP contribution in [0.4, 0.5) is 0 Å². The molecule has 0 saturated carbocycles. The highest BCUT2D eigenvalue weighted by Gasteiger charge is 2.28. The highest BCUT2D eigenvalue weighted by atomic mass is 16.2. The maximum Gasteiger partial charge on any atom is 0.272 e. The average Bonchev–Trinajstić information content (AvgIpc) is 3.36. The van der Waals surface area contributed by atoms with Gasteiger partial charge in [-0.1, -0.05) is 49.4 Å². The van der Waals surface area contributed by atoms with Gasteiger partial charge in [-0.15, -0.1) is 0 Å². The largest absolute Gasteiger partial charge is 0.370 e. The Morgan fingerprint density at radius 3 is 2.50 bits per heavy atom. The first-order chi connectivity index (χ1) is 14.6. The molecule has 1 aliphatic rings. The van der Waals surface area contributed by atoms with E-state index in [1.807, 2.05) is 47.1 Å². The minimum atomic E-state index is -0.484. The second kappa shape index (κ2) is 8.53. The number of fused-ring (bicyclic) bond motifs is 1. The van der Waals surface area contributed by atoms with Gasteiger partial charge in [0.05, 0.1) is 18.2 Å². The van der Waals surface area contributed by atoms with Crippen molar-refractivity contribution in [3.8, 4) is 5.69 Å². The molecule has 0 aliphatic heterocycles. The summed E-state index contributed by atoms with van der Waals surface area (Å²) < 4.78 is 1.89. The van der Waals surface area contributed by atoms with E-state index in [9.17, 15) is 9.59 Å². The SMILES string of the molecule is CCc1ccc(-n2nc(C(=O)N[C@@H](CC(N)=O)c3ccccc3)c3c2CCC3)cc1. The first-order valence-corrected chi connectivity index (χ1v) is 10.4. The molecule has 4 rings (SSSR count). The van der Waals surface area contributed by atoms with Crippen LogP contribution in [0.15, 0.2) is 54.6 Å². The Bertz CT molecular complexity index is 1050. The molecular weight excluding hydrogens is 376 g/mol. The molecule has 1 aromatic heterocycles. The van der Waals surface area contributed by atoms with Crippen molar-refractivity contribution in [1.29, 1.82) is 0 Å². The molecule has 30 heavy (non-hydrogen) atoms. The molecule has 0 radical (unpaired) electrons. The summed E-state index contributed by atoms with van der Waals surface area (Å²) in [5, 5.41) is 7.65. The minimum Gasteiger partial charge on any atom is -0.370 e. The maximum atomic E-state index is 13.2. The van der Waals surface area contributed by atoms with E-state index >= 15 is 0 Å². The van der Waals surface area contributed by atoms with Crippen molar-refractivity contribution in [2.75, 3.05) is 0 Å². The van der Waals surface area contributed by atoms with Crippen molar-refractivity contribution in [3.63, 3.8) is 0 Å². The summed E-state index contributed by atoms with van der Waals surface area (Å²) in [6.45, 7) is 2.12. The molecule has 6 nitrogen and oxygen atoms in total. The Morgan fingerprint density at radius 2 is 1.83 bits per heavy atom. The van der Waals surface area contributed by atoms with Crippen LogP contribution in [0.1, 0.15) is 58.7 Å². The van der Waals surface area contributed by atoms with Crippen LogP contribution in [0.2, 0.25) is 0 Å². The summed E-state index contributed by atoms with van der Waals surface area (Å²) in [4.78, 5) is 24.8. The van der Waals surface area contributed by atoms with Crippen molar-refractivity contribution in [3.05, 3.63) is 82.7 Å². The number of aromatic nitrogens is 2. The number of hydrogen-bond donors (Lipinski definition) is 2. The number of hydrogen-bond acceptors (Lipinski definition) is 3. The van der Waals surface area contributed by atoms with Gasteiger partial charge < -0.3 is 11.1 Å². The highest BCUT2D eigenvalue weighted by Crippen LogP contribution is 2.28. The molecule has 3 N–H and O–H groups in total. The lowest BCUT2D eigenvalue weighted by molar-refractivity contribution is -0.118. The van der Waals surface area contributed by atoms with E-state index in [0.29, 0.717) is 5.69 Å². The molecule has 154 valence electrons. The molecule has 0 fully saturated rings. The number of nitrogens with zero attached hydrogens (tertiary/aromatic N) is 2. The Kier molecular flexibility index (Phi) is 5.65. The van der Waals surface area contributed by atoms with Gasteiger partial charge in [0.1, 0.15) is 0 Å². The summed E-state index contributed by atoms with van der Waals surface area (Å²) in [5.74, 6) is -0.733. The van der Waals surface area contributed by atoms with E-state index in [-0.39, 0.29) is 12.3 Å². The van der Waals surface area contributed by atoms with Gasteiger partial charge in [0, 0.05) is 11.3 Å². The van der Waals surface area contributed by atoms with Gasteiger partial charge in [-0.2, -0.15) is 5.10 Å². The summed E-state index contributed by atoms with van der Waals surface area (Å²) in [6, 6.07) is 17.2. The minimum absolute atomic E-state index is 0.0388. The molecule has 3 aromatic rings. The van der Waals surface area contributed by atoms with E-state index in [1.165, 1.54) is 5.56 Å². The van der Waals surface area contributed by atoms with E-state index in [4.69, 9.17) is 5.73 Å². The van der Waals surface area contributed by atoms with Crippen molar-refractivity contribution in [1.82, 2.24) is 15.1 Å². The number of benzene rings is 2. The molecule has 2 amide bonds. The summed E-state index contributed by atoms with van der Waals surface area (Å²) in [6.07, 6.45) is 3.75. The Hall–Kier alpha value is -3.41. The molecule has 6 heteroatoms. The Labute approximate surface area is 176 Å². The van der Waals surface area contributed by atoms with Crippen LogP contribution in [0.3, 0.4) is 0 Å². The van der Waals surface area contributed by atoms with Crippen molar-refractivity contribution in [2.45, 2.75) is 45.1 Å². The number of amides is 2. The molecule has 0 unspecified atom stereocenters. The molecular formula is C24H26N4O2. The van der Waals surface area contributed by atoms with Crippen LogP contribution in [0, 0.1) is 0 Å². The van der Waals surface area contributed by atoms with E-state index in [0.717, 1.165) is 48.2 Å². The van der Waals surface area contributed by atoms with Crippen molar-refractivity contribution >= 4 is 11.8 Å². The number of nitrogens with one attached hydrogen (secondary N) is 1. The highest BCUT2D eigenvalue weighted by molar-refractivity contribution is 5.95. The van der Waals surface area contributed by atoms with E-state index in [1.54, 1.807) is 0 Å². The summed E-state index contributed by atoms with van der Waals surface area (Å²) in [7, 11) is 0. The number of aryl methyl sites for hydroxylation is 1. The third kappa shape index (κ3) is 3.99. The van der Waals surface area contributed by atoms with E-state index < -0.39 is 11.9 Å². The second-order valence-corrected chi connectivity index (χ2v) is 7.67. The average molecular weight is 402 g/mol. The fourth-order valence-corrected chi connectivity index (χ4v) is 4.07. The monoisotopic (exact) mass is 402 g/mol. The maximum absolute atomic E-state index is 13.2. The topological polar surface area (TPSA) is 90.0 Å². The van der Waals surface area contributed by atoms with E-state index in [2.05, 4.69) is 29.5 Å². The number of nitrogens with two attached hydrogens (primary N) is 1. The predicted molar refractivity (Wildman–Crippen MR) is 115 cm³/mol. The molecule has 1 heterocycles. The van der Waals surface area contributed by atoms with Crippen LogP contribution in [-0.2, 0) is 24.1 Å². The lowest BCUT2D eigenvalue weighted by Crippen LogP contribution is -2.32. The zero-order valence-electron chi connectivity index (χ0n) is 17.1. The van der Waals surface area contributed by atoms with Crippen molar-refractivity contribution in [2.24, 2.45) is 5.73 Å². The second-order valence-electron chi connectivity index (χ2n) is 7.67. The lowest BCUT2D eigenvalue weighted by Gasteiger charge is -2.17. The lowest BCUT2D eigenvalue weighted by atomic mass is 10.0. The van der Waals surface area contributed by atoms with Gasteiger partial charge in [-0.05, 0) is 48.9 Å². The van der Waals surface area contributed by atoms with Gasteiger partial charge in [0.15, 0.2) is 5.69 Å². The normalized spacial score (nSPS) is 13.6. The first kappa shape index (κ1) is 19.9. The third-order valence-electron chi connectivity index (χ3n) is 5.65. The van der Waals surface area contributed by atoms with Crippen LogP contribution >= 0.6 is 0 Å². The molecule has 0 bridgehead atoms. The Morgan fingerprint density at radius 1 is 1.10 bits per heavy atom. The molecule has 0 saturated heterocycles. The first-order valence-electron chi connectivity index (χ1n) is 10.4. The number of carbonyl (C=O) groups excluding carboxylic acids is 2. The predicted octanol–water partition coefficient (Wildman–Crippen LogP) is 3.27. The fourth-order valence-electron chi connectivity index (χ4n) is 4.07. The van der Waals surface area contributed by atoms with Gasteiger partial charge in [0.25, 0.3) is 5.91 Å². The molecule has 1 aliphatic carbocycles. The summed E-state index contributed by atoms with van der Waals surface area (Å²) in [5.41, 5.74) is 11.0. The molecule has 0 spiro atoms. The summed E-state index contributed by atoms with van der Waals surface area (Å²) >= 11 is 0. The number of rotatable bonds is 7. The fraction of sp³-hybridized carbons (Fsp3) is 0.292. The van der Waals surface area contributed by atoms with Crippen LogP contribution in [-0.4, -0.2) is 21.6 Å². The van der Waals surface area contributed by atoms with Gasteiger partial charge in [-0.25, -0.2) is 4.68 Å². The number of carbonyl (C=O) groups is 2. The third-order valence-corrected chi connectivity index (χ3v) is 5.65. The van der Waals surface area contributed by atoms with Gasteiger partial charge in [0.2, 0.25) is 5.91 Å². The van der Waals surface area contributed by atoms with Gasteiger partial charge >= 0.3 is 0 Å². The molecule has 1 atom stereocenters. The van der Waals surface area contributed by atoms with Crippen LogP contribution in [0.25, 0.3) is 5.69 Å². The van der Waals surface area contributed by atoms with Gasteiger partial charge in [-0.3, -0.25) is 9.59 Å².